The fraction of sp³-hybridized carbons (Fsp3) is 0.528. The molecule has 0 aliphatic carbocycles. The fourth-order valence-electron chi connectivity index (χ4n) is 5.66. The zero-order valence-electron chi connectivity index (χ0n) is 28.2. The Hall–Kier alpha value is -4.25. The first kappa shape index (κ1) is 35.6. The second-order valence-corrected chi connectivity index (χ2v) is 13.6. The minimum atomic E-state index is -0.958. The highest BCUT2D eigenvalue weighted by Gasteiger charge is 2.50. The van der Waals surface area contributed by atoms with Crippen molar-refractivity contribution in [1.82, 2.24) is 15.5 Å². The molecule has 4 rings (SSSR count). The smallest absolute Gasteiger partial charge is 0.410 e. The van der Waals surface area contributed by atoms with Crippen molar-refractivity contribution in [2.45, 2.75) is 96.1 Å². The van der Waals surface area contributed by atoms with Gasteiger partial charge in [0.1, 0.15) is 23.0 Å². The van der Waals surface area contributed by atoms with E-state index in [0.29, 0.717) is 25.1 Å². The minimum absolute atomic E-state index is 0.181. The third kappa shape index (κ3) is 9.87. The van der Waals surface area contributed by atoms with E-state index in [1.54, 1.807) is 53.9 Å². The molecule has 5 atom stereocenters. The third-order valence-electron chi connectivity index (χ3n) is 8.50. The van der Waals surface area contributed by atoms with E-state index >= 15 is 0 Å². The van der Waals surface area contributed by atoms with Gasteiger partial charge in [-0.3, -0.25) is 24.1 Å². The van der Waals surface area contributed by atoms with Crippen LogP contribution < -0.4 is 15.4 Å². The van der Waals surface area contributed by atoms with Crippen LogP contribution in [0.15, 0.2) is 54.6 Å². The highest BCUT2D eigenvalue weighted by molar-refractivity contribution is 5.98. The Balaban J connectivity index is 1.48. The molecule has 2 N–H and O–H groups in total. The number of benzene rings is 2. The van der Waals surface area contributed by atoms with Gasteiger partial charge in [-0.05, 0) is 83.6 Å². The molecule has 2 saturated heterocycles. The van der Waals surface area contributed by atoms with E-state index in [1.807, 2.05) is 42.5 Å². The van der Waals surface area contributed by atoms with E-state index in [2.05, 4.69) is 10.6 Å². The number of rotatable bonds is 14. The molecule has 2 aromatic rings. The molecule has 2 aromatic carbocycles. The standard InChI is InChI=1S/C36H47N3O8/c1-23(37-33(43)29-13-10-18-39(29)34(44)47-35(2,3)4)30(40)21-26(19-25-14-16-27(45-6)17-15-25)32(42)38-28(31(41)36(5)22-46-36)20-24-11-8-7-9-12-24/h7-9,11-12,14-17,23,26,28-29H,10,13,18-22H2,1-6H3,(H,37,43)(H,38,42). The van der Waals surface area contributed by atoms with Gasteiger partial charge in [0.15, 0.2) is 11.6 Å². The second-order valence-electron chi connectivity index (χ2n) is 13.6. The number of nitrogens with one attached hydrogen (secondary N) is 2. The summed E-state index contributed by atoms with van der Waals surface area (Å²) in [6.45, 7) is 9.22. The van der Waals surface area contributed by atoms with Gasteiger partial charge in [0, 0.05) is 18.9 Å². The number of hydrogen-bond donors (Lipinski definition) is 2. The fourth-order valence-corrected chi connectivity index (χ4v) is 5.66. The monoisotopic (exact) mass is 649 g/mol. The molecule has 5 unspecified atom stereocenters. The van der Waals surface area contributed by atoms with E-state index in [4.69, 9.17) is 14.2 Å². The number of carbonyl (C=O) groups is 5. The molecule has 2 fully saturated rings. The van der Waals surface area contributed by atoms with Crippen LogP contribution in [-0.4, -0.2) is 84.0 Å². The van der Waals surface area contributed by atoms with Gasteiger partial charge in [0.25, 0.3) is 0 Å². The number of hydrogen-bond acceptors (Lipinski definition) is 8. The number of nitrogens with zero attached hydrogens (tertiary/aromatic N) is 1. The van der Waals surface area contributed by atoms with Crippen molar-refractivity contribution in [3.63, 3.8) is 0 Å². The lowest BCUT2D eigenvalue weighted by Gasteiger charge is -2.28. The molecule has 254 valence electrons. The molecule has 0 bridgehead atoms. The minimum Gasteiger partial charge on any atom is -0.497 e. The molecule has 47 heavy (non-hydrogen) atoms. The van der Waals surface area contributed by atoms with Gasteiger partial charge in [-0.1, -0.05) is 42.5 Å². The molecule has 2 aliphatic rings. The number of epoxide rings is 1. The summed E-state index contributed by atoms with van der Waals surface area (Å²) < 4.78 is 16.1. The highest BCUT2D eigenvalue weighted by Crippen LogP contribution is 2.29. The lowest BCUT2D eigenvalue weighted by Crippen LogP contribution is -2.52. The van der Waals surface area contributed by atoms with E-state index in [1.165, 1.54) is 4.90 Å². The van der Waals surface area contributed by atoms with Crippen molar-refractivity contribution in [3.8, 4) is 5.75 Å². The average molecular weight is 650 g/mol. The molecule has 2 heterocycles. The maximum Gasteiger partial charge on any atom is 0.410 e. The molecular formula is C36H47N3O8. The van der Waals surface area contributed by atoms with Crippen LogP contribution in [0.4, 0.5) is 4.79 Å². The average Bonchev–Trinajstić information content (AvgIpc) is 3.58. The summed E-state index contributed by atoms with van der Waals surface area (Å²) in [7, 11) is 1.56. The predicted octanol–water partition coefficient (Wildman–Crippen LogP) is 3.80. The number of Topliss-reactive ketones (excluding diaryl/α,β-unsaturated/α-hetero) is 2. The van der Waals surface area contributed by atoms with Crippen molar-refractivity contribution >= 4 is 29.5 Å². The first-order valence-electron chi connectivity index (χ1n) is 16.2. The van der Waals surface area contributed by atoms with Crippen LogP contribution in [0.5, 0.6) is 5.75 Å². The highest BCUT2D eigenvalue weighted by atomic mass is 16.6. The summed E-state index contributed by atoms with van der Waals surface area (Å²) in [5.74, 6) is -1.65. The largest absolute Gasteiger partial charge is 0.497 e. The quantitative estimate of drug-likeness (QED) is 0.294. The zero-order chi connectivity index (χ0) is 34.4. The lowest BCUT2D eigenvalue weighted by molar-refractivity contribution is -0.134. The van der Waals surface area contributed by atoms with Gasteiger partial charge in [-0.15, -0.1) is 0 Å². The first-order chi connectivity index (χ1) is 22.2. The van der Waals surface area contributed by atoms with Gasteiger partial charge in [0.2, 0.25) is 11.8 Å². The van der Waals surface area contributed by atoms with Crippen LogP contribution in [0.1, 0.15) is 65.0 Å². The summed E-state index contributed by atoms with van der Waals surface area (Å²) in [6, 6.07) is 14.1. The Morgan fingerprint density at radius 3 is 2.21 bits per heavy atom. The van der Waals surface area contributed by atoms with Gasteiger partial charge < -0.3 is 24.8 Å². The Labute approximate surface area is 276 Å². The first-order valence-corrected chi connectivity index (χ1v) is 16.2. The van der Waals surface area contributed by atoms with Crippen LogP contribution in [-0.2, 0) is 41.5 Å². The molecule has 2 aliphatic heterocycles. The molecule has 0 aromatic heterocycles. The number of likely N-dealkylation sites (tertiary alicyclic amines) is 1. The molecule has 0 radical (unpaired) electrons. The van der Waals surface area contributed by atoms with E-state index < -0.39 is 53.2 Å². The van der Waals surface area contributed by atoms with Gasteiger partial charge in [0.05, 0.1) is 25.8 Å². The van der Waals surface area contributed by atoms with Crippen LogP contribution in [0.2, 0.25) is 0 Å². The van der Waals surface area contributed by atoms with Crippen molar-refractivity contribution in [1.29, 1.82) is 0 Å². The zero-order valence-corrected chi connectivity index (χ0v) is 28.2. The topological polar surface area (TPSA) is 144 Å². The SMILES string of the molecule is COc1ccc(CC(CC(=O)C(C)NC(=O)C2CCCN2C(=O)OC(C)(C)C)C(=O)NC(Cc2ccccc2)C(=O)C2(C)CO2)cc1. The predicted molar refractivity (Wildman–Crippen MR) is 175 cm³/mol. The van der Waals surface area contributed by atoms with Crippen molar-refractivity contribution in [2.75, 3.05) is 20.3 Å². The van der Waals surface area contributed by atoms with E-state index in [-0.39, 0.29) is 37.4 Å². The summed E-state index contributed by atoms with van der Waals surface area (Å²) in [5, 5.41) is 5.69. The Morgan fingerprint density at radius 2 is 1.62 bits per heavy atom. The number of methoxy groups -OCH3 is 1. The number of carbonyl (C=O) groups excluding carboxylic acids is 5. The van der Waals surface area contributed by atoms with Crippen LogP contribution in [0.3, 0.4) is 0 Å². The number of ketones is 2. The summed E-state index contributed by atoms with van der Waals surface area (Å²) in [5.41, 5.74) is 0.0114. The Morgan fingerprint density at radius 1 is 0.979 bits per heavy atom. The molecule has 11 heteroatoms. The van der Waals surface area contributed by atoms with Gasteiger partial charge >= 0.3 is 6.09 Å². The molecule has 0 spiro atoms. The Kier molecular flexibility index (Phi) is 11.4. The maximum absolute atomic E-state index is 13.9. The maximum atomic E-state index is 13.9. The van der Waals surface area contributed by atoms with Crippen molar-refractivity contribution < 1.29 is 38.2 Å². The second kappa shape index (κ2) is 15.1. The summed E-state index contributed by atoms with van der Waals surface area (Å²) in [4.78, 5) is 68.3. The summed E-state index contributed by atoms with van der Waals surface area (Å²) >= 11 is 0. The normalized spacial score (nSPS) is 20.8. The third-order valence-corrected chi connectivity index (χ3v) is 8.50. The molecule has 0 saturated carbocycles. The van der Waals surface area contributed by atoms with Gasteiger partial charge in [-0.25, -0.2) is 4.79 Å². The molecule has 11 nitrogen and oxygen atoms in total. The van der Waals surface area contributed by atoms with E-state index in [0.717, 1.165) is 11.1 Å². The Bertz CT molecular complexity index is 1430. The van der Waals surface area contributed by atoms with Crippen LogP contribution in [0, 0.1) is 5.92 Å². The lowest BCUT2D eigenvalue weighted by atomic mass is 9.89. The summed E-state index contributed by atoms with van der Waals surface area (Å²) in [6.07, 6.45) is 0.826. The van der Waals surface area contributed by atoms with Crippen LogP contribution >= 0.6 is 0 Å². The number of amides is 3. The van der Waals surface area contributed by atoms with Crippen molar-refractivity contribution in [3.05, 3.63) is 65.7 Å². The van der Waals surface area contributed by atoms with E-state index in [9.17, 15) is 24.0 Å². The molecule has 3 amide bonds. The van der Waals surface area contributed by atoms with Gasteiger partial charge in [-0.2, -0.15) is 0 Å². The molecular weight excluding hydrogens is 602 g/mol. The van der Waals surface area contributed by atoms with Crippen LogP contribution in [0.25, 0.3) is 0 Å². The van der Waals surface area contributed by atoms with Crippen molar-refractivity contribution in [2.24, 2.45) is 5.92 Å². The number of ether oxygens (including phenoxy) is 3.